The van der Waals surface area contributed by atoms with Gasteiger partial charge in [0, 0.05) is 20.1 Å². The highest BCUT2D eigenvalue weighted by atomic mass is 19.4. The van der Waals surface area contributed by atoms with Crippen molar-refractivity contribution >= 4 is 6.03 Å². The number of hydrogen-bond donors (Lipinski definition) is 1. The van der Waals surface area contributed by atoms with E-state index in [1.54, 1.807) is 0 Å². The number of urea groups is 1. The summed E-state index contributed by atoms with van der Waals surface area (Å²) in [5.41, 5.74) is 0. The summed E-state index contributed by atoms with van der Waals surface area (Å²) >= 11 is 0. The van der Waals surface area contributed by atoms with Crippen molar-refractivity contribution in [2.75, 3.05) is 20.1 Å². The predicted octanol–water partition coefficient (Wildman–Crippen LogP) is 1.33. The van der Waals surface area contributed by atoms with Crippen molar-refractivity contribution in [3.63, 3.8) is 0 Å². The highest BCUT2D eigenvalue weighted by Gasteiger charge is 2.35. The molecule has 1 fully saturated rings. The van der Waals surface area contributed by atoms with E-state index < -0.39 is 12.5 Å². The molecule has 1 heterocycles. The minimum absolute atomic E-state index is 0.215. The van der Waals surface area contributed by atoms with E-state index in [4.69, 9.17) is 0 Å². The summed E-state index contributed by atoms with van der Waals surface area (Å²) in [7, 11) is 1.49. The summed E-state index contributed by atoms with van der Waals surface area (Å²) in [5, 5.41) is 2.42. The molecule has 1 saturated heterocycles. The van der Waals surface area contributed by atoms with E-state index in [-0.39, 0.29) is 18.9 Å². The molecule has 0 aliphatic carbocycles. The van der Waals surface area contributed by atoms with E-state index in [0.29, 0.717) is 13.1 Å². The van der Waals surface area contributed by atoms with Gasteiger partial charge in [0.05, 0.1) is 6.10 Å². The molecule has 1 N–H and O–H groups in total. The molecular weight excluding hydrogens is 213 g/mol. The van der Waals surface area contributed by atoms with Crippen molar-refractivity contribution in [1.29, 1.82) is 0 Å². The van der Waals surface area contributed by atoms with Crippen LogP contribution in [0.15, 0.2) is 0 Å². The number of alkyl halides is 3. The van der Waals surface area contributed by atoms with Gasteiger partial charge in [0.25, 0.3) is 0 Å². The van der Waals surface area contributed by atoms with Gasteiger partial charge in [-0.15, -0.1) is 13.2 Å². The zero-order valence-corrected chi connectivity index (χ0v) is 8.30. The zero-order valence-electron chi connectivity index (χ0n) is 8.30. The summed E-state index contributed by atoms with van der Waals surface area (Å²) in [6.07, 6.45) is -4.98. The minimum atomic E-state index is -4.58. The fourth-order valence-corrected chi connectivity index (χ4v) is 1.52. The van der Waals surface area contributed by atoms with Crippen LogP contribution in [0.2, 0.25) is 0 Å². The number of rotatable bonds is 1. The Hall–Kier alpha value is -0.980. The number of carbonyl (C=O) groups is 1. The second kappa shape index (κ2) is 4.69. The fraction of sp³-hybridized carbons (Fsp3) is 0.875. The number of hydrogen-bond acceptors (Lipinski definition) is 2. The maximum atomic E-state index is 11.8. The Bertz CT molecular complexity index is 224. The maximum absolute atomic E-state index is 11.8. The molecular formula is C8H13F3N2O2. The monoisotopic (exact) mass is 226 g/mol. The molecule has 2 amide bonds. The van der Waals surface area contributed by atoms with E-state index >= 15 is 0 Å². The number of carbonyl (C=O) groups excluding carboxylic acids is 1. The van der Waals surface area contributed by atoms with E-state index in [0.717, 1.165) is 0 Å². The molecule has 0 spiro atoms. The number of ether oxygens (including phenoxy) is 1. The lowest BCUT2D eigenvalue weighted by molar-refractivity contribution is -0.345. The van der Waals surface area contributed by atoms with Crippen LogP contribution in [0, 0.1) is 0 Å². The average Bonchev–Trinajstić information content (AvgIpc) is 2.15. The topological polar surface area (TPSA) is 41.6 Å². The summed E-state index contributed by atoms with van der Waals surface area (Å²) in [5.74, 6) is 0. The van der Waals surface area contributed by atoms with Crippen LogP contribution in [0.4, 0.5) is 18.0 Å². The number of nitrogens with one attached hydrogen (secondary N) is 1. The van der Waals surface area contributed by atoms with Gasteiger partial charge in [0.15, 0.2) is 0 Å². The lowest BCUT2D eigenvalue weighted by Gasteiger charge is -2.31. The number of piperidine rings is 1. The van der Waals surface area contributed by atoms with E-state index in [9.17, 15) is 18.0 Å². The smallest absolute Gasteiger partial charge is 0.341 e. The maximum Gasteiger partial charge on any atom is 0.522 e. The second-order valence-electron chi connectivity index (χ2n) is 3.31. The van der Waals surface area contributed by atoms with Gasteiger partial charge < -0.3 is 10.2 Å². The summed E-state index contributed by atoms with van der Waals surface area (Å²) < 4.78 is 39.4. The first-order chi connectivity index (χ1) is 6.92. The molecule has 0 aromatic heterocycles. The van der Waals surface area contributed by atoms with Gasteiger partial charge >= 0.3 is 12.4 Å². The molecule has 88 valence electrons. The van der Waals surface area contributed by atoms with Crippen LogP contribution >= 0.6 is 0 Å². The van der Waals surface area contributed by atoms with Gasteiger partial charge in [0.1, 0.15) is 0 Å². The average molecular weight is 226 g/mol. The largest absolute Gasteiger partial charge is 0.522 e. The van der Waals surface area contributed by atoms with Crippen LogP contribution in [0.25, 0.3) is 0 Å². The first kappa shape index (κ1) is 12.1. The van der Waals surface area contributed by atoms with E-state index in [1.165, 1.54) is 11.9 Å². The normalized spacial score (nSPS) is 19.1. The Balaban J connectivity index is 2.33. The molecule has 15 heavy (non-hydrogen) atoms. The van der Waals surface area contributed by atoms with Crippen LogP contribution in [0.3, 0.4) is 0 Å². The molecule has 0 aromatic rings. The molecule has 0 saturated carbocycles. The Morgan fingerprint density at radius 3 is 2.33 bits per heavy atom. The number of likely N-dealkylation sites (tertiary alicyclic amines) is 1. The summed E-state index contributed by atoms with van der Waals surface area (Å²) in [4.78, 5) is 12.6. The Morgan fingerprint density at radius 1 is 1.40 bits per heavy atom. The lowest BCUT2D eigenvalue weighted by Crippen LogP contribution is -2.45. The highest BCUT2D eigenvalue weighted by molar-refractivity contribution is 5.73. The number of halogens is 3. The molecule has 0 radical (unpaired) electrons. The van der Waals surface area contributed by atoms with Gasteiger partial charge in [-0.25, -0.2) is 4.79 Å². The fourth-order valence-electron chi connectivity index (χ4n) is 1.52. The molecule has 1 aliphatic rings. The van der Waals surface area contributed by atoms with Gasteiger partial charge in [0.2, 0.25) is 0 Å². The van der Waals surface area contributed by atoms with Crippen LogP contribution in [-0.4, -0.2) is 43.5 Å². The molecule has 0 aromatic carbocycles. The van der Waals surface area contributed by atoms with Crippen LogP contribution in [0.1, 0.15) is 12.8 Å². The molecule has 0 unspecified atom stereocenters. The van der Waals surface area contributed by atoms with Crippen molar-refractivity contribution in [3.05, 3.63) is 0 Å². The van der Waals surface area contributed by atoms with Crippen LogP contribution in [0.5, 0.6) is 0 Å². The van der Waals surface area contributed by atoms with Gasteiger partial charge in [-0.2, -0.15) is 0 Å². The van der Waals surface area contributed by atoms with E-state index in [1.807, 2.05) is 0 Å². The molecule has 1 aliphatic heterocycles. The van der Waals surface area contributed by atoms with Gasteiger partial charge in [-0.05, 0) is 12.8 Å². The Labute approximate surface area is 85.4 Å². The van der Waals surface area contributed by atoms with Crippen LogP contribution < -0.4 is 5.32 Å². The molecule has 0 bridgehead atoms. The van der Waals surface area contributed by atoms with Gasteiger partial charge in [-0.3, -0.25) is 4.74 Å². The van der Waals surface area contributed by atoms with Crippen molar-refractivity contribution < 1.29 is 22.7 Å². The Kier molecular flexibility index (Phi) is 3.78. The van der Waals surface area contributed by atoms with Crippen molar-refractivity contribution in [2.45, 2.75) is 25.3 Å². The van der Waals surface area contributed by atoms with Gasteiger partial charge in [-0.1, -0.05) is 0 Å². The zero-order chi connectivity index (χ0) is 11.5. The number of amides is 2. The number of nitrogens with zero attached hydrogens (tertiary/aromatic N) is 1. The third-order valence-electron chi connectivity index (χ3n) is 2.24. The minimum Gasteiger partial charge on any atom is -0.341 e. The van der Waals surface area contributed by atoms with Crippen LogP contribution in [-0.2, 0) is 4.74 Å². The second-order valence-corrected chi connectivity index (χ2v) is 3.31. The third-order valence-corrected chi connectivity index (χ3v) is 2.24. The van der Waals surface area contributed by atoms with Crippen molar-refractivity contribution in [1.82, 2.24) is 10.2 Å². The summed E-state index contributed by atoms with van der Waals surface area (Å²) in [6, 6.07) is -0.263. The Morgan fingerprint density at radius 2 is 1.93 bits per heavy atom. The first-order valence-corrected chi connectivity index (χ1v) is 4.63. The SMILES string of the molecule is CNC(=O)N1CCC(OC(F)(F)F)CC1. The quantitative estimate of drug-likeness (QED) is 0.732. The van der Waals surface area contributed by atoms with E-state index in [2.05, 4.69) is 10.1 Å². The molecule has 0 atom stereocenters. The lowest BCUT2D eigenvalue weighted by atomic mass is 10.1. The standard InChI is InChI=1S/C8H13F3N2O2/c1-12-7(14)13-4-2-6(3-5-13)15-8(9,10)11/h6H,2-5H2,1H3,(H,12,14). The molecule has 1 rings (SSSR count). The first-order valence-electron chi connectivity index (χ1n) is 4.63. The van der Waals surface area contributed by atoms with Crippen molar-refractivity contribution in [3.8, 4) is 0 Å². The summed E-state index contributed by atoms with van der Waals surface area (Å²) in [6.45, 7) is 0.584. The van der Waals surface area contributed by atoms with Crippen molar-refractivity contribution in [2.24, 2.45) is 0 Å². The third kappa shape index (κ3) is 3.94. The highest BCUT2D eigenvalue weighted by Crippen LogP contribution is 2.24. The predicted molar refractivity (Wildman–Crippen MR) is 46.2 cm³/mol. The molecule has 4 nitrogen and oxygen atoms in total. The molecule has 7 heteroatoms.